The van der Waals surface area contributed by atoms with Crippen LogP contribution in [0.3, 0.4) is 0 Å². The molecule has 0 aliphatic rings. The third-order valence-corrected chi connectivity index (χ3v) is 3.63. The first-order chi connectivity index (χ1) is 6.29. The molecule has 0 spiro atoms. The van der Waals surface area contributed by atoms with E-state index >= 15 is 0 Å². The van der Waals surface area contributed by atoms with Crippen molar-refractivity contribution >= 4 is 47.3 Å². The minimum atomic E-state index is -3.68. The van der Waals surface area contributed by atoms with Gasteiger partial charge in [0.2, 0.25) is 9.05 Å². The van der Waals surface area contributed by atoms with E-state index in [1.54, 1.807) is 0 Å². The summed E-state index contributed by atoms with van der Waals surface area (Å²) in [6, 6.07) is 2.44. The van der Waals surface area contributed by atoms with Gasteiger partial charge in [-0.1, -0.05) is 11.6 Å². The molecule has 0 atom stereocenters. The van der Waals surface area contributed by atoms with Crippen LogP contribution in [0, 0.1) is 5.82 Å². The van der Waals surface area contributed by atoms with E-state index in [4.69, 9.17) is 22.3 Å². The average Bonchev–Trinajstić information content (AvgIpc) is 1.96. The van der Waals surface area contributed by atoms with Crippen molar-refractivity contribution in [3.05, 3.63) is 33.0 Å². The zero-order chi connectivity index (χ0) is 10.9. The molecule has 1 aromatic carbocycles. The van der Waals surface area contributed by atoms with Crippen molar-refractivity contribution in [2.45, 2.75) is 5.75 Å². The number of halogens is 4. The van der Waals surface area contributed by atoms with E-state index in [0.29, 0.717) is 4.47 Å². The lowest BCUT2D eigenvalue weighted by atomic mass is 10.2. The fourth-order valence-corrected chi connectivity index (χ4v) is 2.43. The van der Waals surface area contributed by atoms with Crippen molar-refractivity contribution in [1.29, 1.82) is 0 Å². The third-order valence-electron chi connectivity index (χ3n) is 1.38. The summed E-state index contributed by atoms with van der Waals surface area (Å²) in [5, 5.41) is -0.0827. The molecular weight excluding hydrogens is 318 g/mol. The Kier molecular flexibility index (Phi) is 3.80. The quantitative estimate of drug-likeness (QED) is 0.618. The largest absolute Gasteiger partial charge is 0.236 e. The van der Waals surface area contributed by atoms with Gasteiger partial charge in [-0.3, -0.25) is 0 Å². The number of rotatable bonds is 2. The Morgan fingerprint density at radius 3 is 2.43 bits per heavy atom. The lowest BCUT2D eigenvalue weighted by Gasteiger charge is -2.02. The van der Waals surface area contributed by atoms with E-state index in [1.807, 2.05) is 0 Å². The van der Waals surface area contributed by atoms with Crippen molar-refractivity contribution < 1.29 is 12.8 Å². The molecule has 0 heterocycles. The Morgan fingerprint density at radius 2 is 2.00 bits per heavy atom. The number of hydrogen-bond donors (Lipinski definition) is 0. The van der Waals surface area contributed by atoms with Crippen molar-refractivity contribution in [3.63, 3.8) is 0 Å². The Hall–Kier alpha value is 0.160. The maximum absolute atomic E-state index is 13.0. The topological polar surface area (TPSA) is 34.1 Å². The third kappa shape index (κ3) is 3.38. The van der Waals surface area contributed by atoms with Gasteiger partial charge in [-0.15, -0.1) is 0 Å². The van der Waals surface area contributed by atoms with E-state index in [0.717, 1.165) is 6.07 Å². The van der Waals surface area contributed by atoms with Crippen LogP contribution in [0.4, 0.5) is 4.39 Å². The fourth-order valence-electron chi connectivity index (χ4n) is 0.890. The molecule has 1 rings (SSSR count). The Balaban J connectivity index is 3.14. The molecule has 0 amide bonds. The minimum absolute atomic E-state index is 0.0827. The molecule has 0 aliphatic heterocycles. The van der Waals surface area contributed by atoms with Crippen molar-refractivity contribution in [1.82, 2.24) is 0 Å². The summed E-state index contributed by atoms with van der Waals surface area (Å²) in [5.74, 6) is -1.11. The second-order valence-corrected chi connectivity index (χ2v) is 6.57. The SMILES string of the molecule is O=S(=O)(Cl)Cc1cc(F)c(Cl)c(Br)c1. The molecule has 2 nitrogen and oxygen atoms in total. The average molecular weight is 322 g/mol. The van der Waals surface area contributed by atoms with E-state index in [9.17, 15) is 12.8 Å². The van der Waals surface area contributed by atoms with Gasteiger partial charge in [0.1, 0.15) is 5.82 Å². The molecule has 0 bridgehead atoms. The maximum Gasteiger partial charge on any atom is 0.236 e. The van der Waals surface area contributed by atoms with E-state index < -0.39 is 20.6 Å². The molecule has 0 aliphatic carbocycles. The molecule has 0 N–H and O–H groups in total. The van der Waals surface area contributed by atoms with Gasteiger partial charge in [0.15, 0.2) is 0 Å². The van der Waals surface area contributed by atoms with Gasteiger partial charge >= 0.3 is 0 Å². The standard InChI is InChI=1S/C7H4BrCl2FO2S/c8-5-1-4(3-14(10,12)13)2-6(11)7(5)9/h1-2H,3H2. The lowest BCUT2D eigenvalue weighted by molar-refractivity contribution is 0.608. The summed E-state index contributed by atoms with van der Waals surface area (Å²) in [4.78, 5) is 0. The second kappa shape index (κ2) is 4.35. The Bertz CT molecular complexity index is 438. The van der Waals surface area contributed by atoms with Gasteiger partial charge in [-0.25, -0.2) is 12.8 Å². The van der Waals surface area contributed by atoms with Gasteiger partial charge < -0.3 is 0 Å². The second-order valence-electron chi connectivity index (χ2n) is 2.56. The minimum Gasteiger partial charge on any atom is -0.212 e. The van der Waals surface area contributed by atoms with Crippen molar-refractivity contribution in [2.24, 2.45) is 0 Å². The molecule has 0 saturated heterocycles. The highest BCUT2D eigenvalue weighted by Crippen LogP contribution is 2.27. The number of benzene rings is 1. The van der Waals surface area contributed by atoms with Crippen molar-refractivity contribution in [3.8, 4) is 0 Å². The molecular formula is C7H4BrCl2FO2S. The highest BCUT2D eigenvalue weighted by Gasteiger charge is 2.12. The van der Waals surface area contributed by atoms with Crippen LogP contribution in [-0.2, 0) is 14.8 Å². The Morgan fingerprint density at radius 1 is 1.43 bits per heavy atom. The van der Waals surface area contributed by atoms with Crippen LogP contribution < -0.4 is 0 Å². The van der Waals surface area contributed by atoms with Gasteiger partial charge in [-0.2, -0.15) is 0 Å². The summed E-state index contributed by atoms with van der Waals surface area (Å²) in [7, 11) is 1.33. The smallest absolute Gasteiger partial charge is 0.212 e. The normalized spacial score (nSPS) is 11.7. The van der Waals surface area contributed by atoms with Crippen LogP contribution >= 0.6 is 38.2 Å². The lowest BCUT2D eigenvalue weighted by Crippen LogP contribution is -1.96. The molecule has 0 saturated carbocycles. The predicted octanol–water partition coefficient (Wildman–Crippen LogP) is 3.31. The zero-order valence-corrected chi connectivity index (χ0v) is 10.5. The summed E-state index contributed by atoms with van der Waals surface area (Å²) in [6.07, 6.45) is 0. The monoisotopic (exact) mass is 320 g/mol. The maximum atomic E-state index is 13.0. The fraction of sp³-hybridized carbons (Fsp3) is 0.143. The molecule has 14 heavy (non-hydrogen) atoms. The molecule has 0 fully saturated rings. The van der Waals surface area contributed by atoms with Crippen LogP contribution in [0.5, 0.6) is 0 Å². The summed E-state index contributed by atoms with van der Waals surface area (Å²) in [5.41, 5.74) is 0.244. The van der Waals surface area contributed by atoms with Gasteiger partial charge in [-0.05, 0) is 33.6 Å². The van der Waals surface area contributed by atoms with Gasteiger partial charge in [0.25, 0.3) is 0 Å². The highest BCUT2D eigenvalue weighted by atomic mass is 79.9. The molecule has 0 radical (unpaired) electrons. The molecule has 78 valence electrons. The first kappa shape index (κ1) is 12.2. The summed E-state index contributed by atoms with van der Waals surface area (Å²) >= 11 is 8.51. The molecule has 0 aromatic heterocycles. The van der Waals surface area contributed by atoms with Crippen LogP contribution in [0.15, 0.2) is 16.6 Å². The zero-order valence-electron chi connectivity index (χ0n) is 6.60. The van der Waals surface area contributed by atoms with Crippen molar-refractivity contribution in [2.75, 3.05) is 0 Å². The van der Waals surface area contributed by atoms with Crippen LogP contribution in [0.25, 0.3) is 0 Å². The molecule has 0 unspecified atom stereocenters. The van der Waals surface area contributed by atoms with Crippen LogP contribution in [-0.4, -0.2) is 8.42 Å². The predicted molar refractivity (Wildman–Crippen MR) is 57.6 cm³/mol. The van der Waals surface area contributed by atoms with E-state index in [1.165, 1.54) is 6.07 Å². The first-order valence-corrected chi connectivity index (χ1v) is 7.00. The van der Waals surface area contributed by atoms with Gasteiger partial charge in [0, 0.05) is 15.2 Å². The Labute approximate surface area is 98.6 Å². The van der Waals surface area contributed by atoms with E-state index in [-0.39, 0.29) is 10.6 Å². The molecule has 1 aromatic rings. The number of hydrogen-bond acceptors (Lipinski definition) is 2. The molecule has 7 heteroatoms. The van der Waals surface area contributed by atoms with Gasteiger partial charge in [0.05, 0.1) is 10.8 Å². The summed E-state index contributed by atoms with van der Waals surface area (Å²) in [6.45, 7) is 0. The van der Waals surface area contributed by atoms with E-state index in [2.05, 4.69) is 15.9 Å². The summed E-state index contributed by atoms with van der Waals surface area (Å²) < 4.78 is 34.7. The van der Waals surface area contributed by atoms with Crippen LogP contribution in [0.1, 0.15) is 5.56 Å². The van der Waals surface area contributed by atoms with Crippen LogP contribution in [0.2, 0.25) is 5.02 Å². The first-order valence-electron chi connectivity index (χ1n) is 3.35. The highest BCUT2D eigenvalue weighted by molar-refractivity contribution is 9.10.